The first-order valence-electron chi connectivity index (χ1n) is 6.64. The van der Waals surface area contributed by atoms with Gasteiger partial charge in [0.2, 0.25) is 0 Å². The molecule has 1 amide bonds. The highest BCUT2D eigenvalue weighted by molar-refractivity contribution is 5.82. The molecule has 0 aliphatic heterocycles. The first-order valence-corrected chi connectivity index (χ1v) is 6.64. The predicted molar refractivity (Wildman–Crippen MR) is 78.7 cm³/mol. The lowest BCUT2D eigenvalue weighted by Gasteiger charge is -2.18. The molecule has 0 fully saturated rings. The number of hydrogen-bond donors (Lipinski definition) is 2. The fraction of sp³-hybridized carbons (Fsp3) is 0.250. The molecule has 0 radical (unpaired) electrons. The third kappa shape index (κ3) is 3.79. The van der Waals surface area contributed by atoms with Gasteiger partial charge >= 0.3 is 0 Å². The van der Waals surface area contributed by atoms with E-state index in [9.17, 15) is 9.90 Å². The van der Waals surface area contributed by atoms with Gasteiger partial charge in [0.05, 0.1) is 13.2 Å². The Morgan fingerprint density at radius 3 is 2.71 bits per heavy atom. The lowest BCUT2D eigenvalue weighted by molar-refractivity contribution is -0.130. The Morgan fingerprint density at radius 1 is 1.29 bits per heavy atom. The predicted octanol–water partition coefficient (Wildman–Crippen LogP) is 2.00. The molecule has 0 bridgehead atoms. The van der Waals surface area contributed by atoms with Crippen LogP contribution in [0.3, 0.4) is 0 Å². The number of pyridine rings is 1. The average Bonchev–Trinajstić information content (AvgIpc) is 2.54. The molecule has 0 aliphatic rings. The molecule has 0 spiro atoms. The van der Waals surface area contributed by atoms with Gasteiger partial charge in [0, 0.05) is 18.0 Å². The lowest BCUT2D eigenvalue weighted by atomic mass is 10.1. The van der Waals surface area contributed by atoms with Crippen LogP contribution in [0.5, 0.6) is 5.75 Å². The second kappa shape index (κ2) is 6.85. The molecule has 1 aromatic heterocycles. The van der Waals surface area contributed by atoms with E-state index in [1.807, 2.05) is 31.2 Å². The molecular weight excluding hydrogens is 268 g/mol. The van der Waals surface area contributed by atoms with Gasteiger partial charge in [-0.2, -0.15) is 0 Å². The molecule has 2 N–H and O–H groups in total. The Kier molecular flexibility index (Phi) is 4.90. The highest BCUT2D eigenvalue weighted by Gasteiger charge is 2.19. The molecule has 2 aromatic rings. The van der Waals surface area contributed by atoms with Crippen molar-refractivity contribution in [2.45, 2.75) is 19.1 Å². The van der Waals surface area contributed by atoms with E-state index < -0.39 is 12.0 Å². The molecule has 21 heavy (non-hydrogen) atoms. The van der Waals surface area contributed by atoms with Crippen molar-refractivity contribution in [2.24, 2.45) is 0 Å². The van der Waals surface area contributed by atoms with E-state index >= 15 is 0 Å². The topological polar surface area (TPSA) is 71.5 Å². The third-order valence-electron chi connectivity index (χ3n) is 3.20. The Balaban J connectivity index is 2.04. The summed E-state index contributed by atoms with van der Waals surface area (Å²) in [4.78, 5) is 16.0. The van der Waals surface area contributed by atoms with Gasteiger partial charge in [-0.15, -0.1) is 0 Å². The number of aromatic nitrogens is 1. The molecule has 0 saturated carbocycles. The van der Waals surface area contributed by atoms with Crippen molar-refractivity contribution in [2.75, 3.05) is 7.11 Å². The van der Waals surface area contributed by atoms with Crippen LogP contribution in [-0.2, 0) is 4.79 Å². The van der Waals surface area contributed by atoms with Crippen LogP contribution in [0.1, 0.15) is 30.2 Å². The fourth-order valence-corrected chi connectivity index (χ4v) is 1.98. The molecule has 2 rings (SSSR count). The summed E-state index contributed by atoms with van der Waals surface area (Å²) in [5, 5.41) is 12.8. The highest BCUT2D eigenvalue weighted by atomic mass is 16.5. The SMILES string of the molecule is COc1cccc([C@H](C)NC(=O)[C@@H](O)c2cccnc2)c1. The van der Waals surface area contributed by atoms with Crippen LogP contribution in [0.15, 0.2) is 48.8 Å². The Bertz CT molecular complexity index is 601. The summed E-state index contributed by atoms with van der Waals surface area (Å²) in [7, 11) is 1.59. The second-order valence-corrected chi connectivity index (χ2v) is 4.70. The average molecular weight is 286 g/mol. The van der Waals surface area contributed by atoms with Gasteiger partial charge in [0.1, 0.15) is 5.75 Å². The molecule has 1 heterocycles. The maximum atomic E-state index is 12.1. The Labute approximate surface area is 123 Å². The van der Waals surface area contributed by atoms with Crippen molar-refractivity contribution in [3.8, 4) is 5.75 Å². The molecule has 2 atom stereocenters. The molecule has 0 aliphatic carbocycles. The number of nitrogens with one attached hydrogen (secondary N) is 1. The monoisotopic (exact) mass is 286 g/mol. The summed E-state index contributed by atoms with van der Waals surface area (Å²) in [6, 6.07) is 10.5. The summed E-state index contributed by atoms with van der Waals surface area (Å²) in [6.07, 6.45) is 1.83. The smallest absolute Gasteiger partial charge is 0.254 e. The maximum absolute atomic E-state index is 12.1. The van der Waals surface area contributed by atoms with Crippen molar-refractivity contribution >= 4 is 5.91 Å². The molecule has 0 saturated heterocycles. The van der Waals surface area contributed by atoms with Crippen LogP contribution in [0, 0.1) is 0 Å². The minimum Gasteiger partial charge on any atom is -0.497 e. The number of amides is 1. The molecule has 0 unspecified atom stereocenters. The first-order chi connectivity index (χ1) is 10.1. The van der Waals surface area contributed by atoms with Crippen LogP contribution in [0.2, 0.25) is 0 Å². The summed E-state index contributed by atoms with van der Waals surface area (Å²) in [5.41, 5.74) is 1.37. The first kappa shape index (κ1) is 15.0. The van der Waals surface area contributed by atoms with E-state index in [1.165, 1.54) is 6.20 Å². The van der Waals surface area contributed by atoms with Gasteiger partial charge in [0.25, 0.3) is 5.91 Å². The molecule has 110 valence electrons. The number of aliphatic hydroxyl groups is 1. The van der Waals surface area contributed by atoms with E-state index in [2.05, 4.69) is 10.3 Å². The maximum Gasteiger partial charge on any atom is 0.254 e. The number of rotatable bonds is 5. The van der Waals surface area contributed by atoms with Crippen LogP contribution in [0.25, 0.3) is 0 Å². The van der Waals surface area contributed by atoms with Crippen molar-refractivity contribution in [1.82, 2.24) is 10.3 Å². The minimum absolute atomic E-state index is 0.237. The quantitative estimate of drug-likeness (QED) is 0.882. The van der Waals surface area contributed by atoms with Gasteiger partial charge in [-0.05, 0) is 30.7 Å². The van der Waals surface area contributed by atoms with Gasteiger partial charge in [-0.1, -0.05) is 18.2 Å². The number of benzene rings is 1. The summed E-state index contributed by atoms with van der Waals surface area (Å²) >= 11 is 0. The molecule has 5 nitrogen and oxygen atoms in total. The zero-order valence-corrected chi connectivity index (χ0v) is 12.0. The lowest BCUT2D eigenvalue weighted by Crippen LogP contribution is -2.31. The Morgan fingerprint density at radius 2 is 2.05 bits per heavy atom. The fourth-order valence-electron chi connectivity index (χ4n) is 1.98. The van der Waals surface area contributed by atoms with Crippen molar-refractivity contribution in [3.63, 3.8) is 0 Å². The van der Waals surface area contributed by atoms with Gasteiger partial charge in [-0.3, -0.25) is 9.78 Å². The Hall–Kier alpha value is -2.40. The number of nitrogens with zero attached hydrogens (tertiary/aromatic N) is 1. The van der Waals surface area contributed by atoms with Crippen LogP contribution < -0.4 is 10.1 Å². The minimum atomic E-state index is -1.23. The number of methoxy groups -OCH3 is 1. The summed E-state index contributed by atoms with van der Waals surface area (Å²) in [5.74, 6) is 0.264. The van der Waals surface area contributed by atoms with Gasteiger partial charge in [0.15, 0.2) is 6.10 Å². The van der Waals surface area contributed by atoms with E-state index in [0.717, 1.165) is 11.3 Å². The number of carbonyl (C=O) groups is 1. The van der Waals surface area contributed by atoms with Crippen LogP contribution >= 0.6 is 0 Å². The molecular formula is C16H18N2O3. The van der Waals surface area contributed by atoms with Crippen LogP contribution in [0.4, 0.5) is 0 Å². The van der Waals surface area contributed by atoms with Crippen molar-refractivity contribution in [3.05, 3.63) is 59.9 Å². The third-order valence-corrected chi connectivity index (χ3v) is 3.20. The largest absolute Gasteiger partial charge is 0.497 e. The van der Waals surface area contributed by atoms with E-state index in [-0.39, 0.29) is 6.04 Å². The van der Waals surface area contributed by atoms with E-state index in [0.29, 0.717) is 5.56 Å². The second-order valence-electron chi connectivity index (χ2n) is 4.70. The van der Waals surface area contributed by atoms with E-state index in [4.69, 9.17) is 4.74 Å². The molecule has 5 heteroatoms. The van der Waals surface area contributed by atoms with Crippen LogP contribution in [-0.4, -0.2) is 23.1 Å². The van der Waals surface area contributed by atoms with Gasteiger partial charge in [-0.25, -0.2) is 0 Å². The van der Waals surface area contributed by atoms with Crippen molar-refractivity contribution < 1.29 is 14.6 Å². The zero-order chi connectivity index (χ0) is 15.2. The van der Waals surface area contributed by atoms with Crippen molar-refractivity contribution in [1.29, 1.82) is 0 Å². The standard InChI is InChI=1S/C16H18N2O3/c1-11(12-5-3-7-14(9-12)21-2)18-16(20)15(19)13-6-4-8-17-10-13/h3-11,15,19H,1-2H3,(H,18,20)/t11-,15-/m0/s1. The zero-order valence-electron chi connectivity index (χ0n) is 12.0. The number of hydrogen-bond acceptors (Lipinski definition) is 4. The highest BCUT2D eigenvalue weighted by Crippen LogP contribution is 2.20. The summed E-state index contributed by atoms with van der Waals surface area (Å²) in [6.45, 7) is 1.85. The molecule has 1 aromatic carbocycles. The van der Waals surface area contributed by atoms with Gasteiger partial charge < -0.3 is 15.2 Å². The number of ether oxygens (including phenoxy) is 1. The normalized spacial score (nSPS) is 13.3. The summed E-state index contributed by atoms with van der Waals surface area (Å²) < 4.78 is 5.16. The van der Waals surface area contributed by atoms with E-state index in [1.54, 1.807) is 25.4 Å². The number of aliphatic hydroxyl groups excluding tert-OH is 1. The number of carbonyl (C=O) groups excluding carboxylic acids is 1.